The minimum Gasteiger partial charge on any atom is -0.465 e. The van der Waals surface area contributed by atoms with Crippen LogP contribution in [0.4, 0.5) is 9.39 Å². The lowest BCUT2D eigenvalue weighted by Crippen LogP contribution is -2.14. The molecule has 1 amide bonds. The molecule has 0 aliphatic rings. The van der Waals surface area contributed by atoms with E-state index in [9.17, 15) is 14.0 Å². The summed E-state index contributed by atoms with van der Waals surface area (Å²) < 4.78 is 18.0. The number of rotatable bonds is 4. The SMILES string of the molecule is COC(=O)c1c(-c2cc(C)ccc2C)csc1NC(=O)c1ccc(F)cc1. The number of hydrogen-bond acceptors (Lipinski definition) is 4. The highest BCUT2D eigenvalue weighted by molar-refractivity contribution is 7.15. The van der Waals surface area contributed by atoms with E-state index in [4.69, 9.17) is 4.74 Å². The number of carbonyl (C=O) groups excluding carboxylic acids is 2. The topological polar surface area (TPSA) is 55.4 Å². The van der Waals surface area contributed by atoms with E-state index in [2.05, 4.69) is 5.32 Å². The summed E-state index contributed by atoms with van der Waals surface area (Å²) in [7, 11) is 1.30. The largest absolute Gasteiger partial charge is 0.465 e. The van der Waals surface area contributed by atoms with Gasteiger partial charge < -0.3 is 10.1 Å². The van der Waals surface area contributed by atoms with Crippen LogP contribution in [0.2, 0.25) is 0 Å². The molecule has 0 aliphatic carbocycles. The van der Waals surface area contributed by atoms with Gasteiger partial charge in [-0.3, -0.25) is 4.79 Å². The molecule has 3 rings (SSSR count). The summed E-state index contributed by atoms with van der Waals surface area (Å²) in [5.74, 6) is -1.37. The second kappa shape index (κ2) is 7.72. The van der Waals surface area contributed by atoms with Gasteiger partial charge in [-0.1, -0.05) is 23.8 Å². The number of carbonyl (C=O) groups is 2. The Hall–Kier alpha value is -2.99. The molecular weight excluding hydrogens is 365 g/mol. The number of benzene rings is 2. The molecule has 0 bridgehead atoms. The van der Waals surface area contributed by atoms with E-state index in [0.717, 1.165) is 16.7 Å². The van der Waals surface area contributed by atoms with E-state index in [1.54, 1.807) is 0 Å². The zero-order chi connectivity index (χ0) is 19.6. The molecule has 0 saturated carbocycles. The summed E-state index contributed by atoms with van der Waals surface area (Å²) >= 11 is 1.25. The number of halogens is 1. The van der Waals surface area contributed by atoms with Gasteiger partial charge in [-0.05, 0) is 49.2 Å². The lowest BCUT2D eigenvalue weighted by molar-refractivity contribution is 0.0603. The van der Waals surface area contributed by atoms with E-state index >= 15 is 0 Å². The van der Waals surface area contributed by atoms with E-state index in [1.165, 1.54) is 42.7 Å². The van der Waals surface area contributed by atoms with Crippen LogP contribution in [-0.2, 0) is 4.74 Å². The second-order valence-electron chi connectivity index (χ2n) is 6.12. The van der Waals surface area contributed by atoms with Crippen molar-refractivity contribution in [3.8, 4) is 11.1 Å². The zero-order valence-electron chi connectivity index (χ0n) is 15.1. The fourth-order valence-electron chi connectivity index (χ4n) is 2.76. The zero-order valence-corrected chi connectivity index (χ0v) is 15.9. The third-order valence-corrected chi connectivity index (χ3v) is 5.09. The minimum absolute atomic E-state index is 0.300. The number of aryl methyl sites for hydroxylation is 2. The Kier molecular flexibility index (Phi) is 5.37. The summed E-state index contributed by atoms with van der Waals surface area (Å²) in [6.45, 7) is 3.94. The van der Waals surface area contributed by atoms with Crippen molar-refractivity contribution in [1.82, 2.24) is 0 Å². The molecule has 3 aromatic rings. The first-order valence-electron chi connectivity index (χ1n) is 8.25. The van der Waals surface area contributed by atoms with Crippen LogP contribution >= 0.6 is 11.3 Å². The number of nitrogens with one attached hydrogen (secondary N) is 1. The summed E-state index contributed by atoms with van der Waals surface area (Å²) in [4.78, 5) is 24.9. The van der Waals surface area contributed by atoms with Gasteiger partial charge in [0, 0.05) is 16.5 Å². The average molecular weight is 383 g/mol. The van der Waals surface area contributed by atoms with E-state index in [-0.39, 0.29) is 0 Å². The number of anilines is 1. The van der Waals surface area contributed by atoms with Gasteiger partial charge in [0.25, 0.3) is 5.91 Å². The first-order chi connectivity index (χ1) is 12.9. The van der Waals surface area contributed by atoms with Gasteiger partial charge in [0.2, 0.25) is 0 Å². The maximum absolute atomic E-state index is 13.1. The van der Waals surface area contributed by atoms with Crippen LogP contribution in [-0.4, -0.2) is 19.0 Å². The Morgan fingerprint density at radius 2 is 1.74 bits per heavy atom. The highest BCUT2D eigenvalue weighted by Crippen LogP contribution is 2.38. The minimum atomic E-state index is -0.526. The van der Waals surface area contributed by atoms with Gasteiger partial charge in [0.15, 0.2) is 0 Å². The van der Waals surface area contributed by atoms with Gasteiger partial charge in [-0.25, -0.2) is 9.18 Å². The molecule has 0 fully saturated rings. The van der Waals surface area contributed by atoms with Crippen molar-refractivity contribution in [3.63, 3.8) is 0 Å². The van der Waals surface area contributed by atoms with Crippen molar-refractivity contribution >= 4 is 28.2 Å². The maximum Gasteiger partial charge on any atom is 0.341 e. The smallest absolute Gasteiger partial charge is 0.341 e. The Bertz CT molecular complexity index is 1010. The number of thiophene rings is 1. The van der Waals surface area contributed by atoms with E-state index in [0.29, 0.717) is 21.7 Å². The monoisotopic (exact) mass is 383 g/mol. The van der Waals surface area contributed by atoms with Crippen molar-refractivity contribution in [3.05, 3.63) is 75.9 Å². The van der Waals surface area contributed by atoms with Crippen molar-refractivity contribution in [2.75, 3.05) is 12.4 Å². The van der Waals surface area contributed by atoms with Crippen LogP contribution in [0, 0.1) is 19.7 Å². The van der Waals surface area contributed by atoms with Gasteiger partial charge >= 0.3 is 5.97 Å². The van der Waals surface area contributed by atoms with Crippen LogP contribution in [0.25, 0.3) is 11.1 Å². The van der Waals surface area contributed by atoms with Gasteiger partial charge in [0.1, 0.15) is 16.4 Å². The number of methoxy groups -OCH3 is 1. The molecule has 0 spiro atoms. The quantitative estimate of drug-likeness (QED) is 0.629. The molecule has 27 heavy (non-hydrogen) atoms. The lowest BCUT2D eigenvalue weighted by Gasteiger charge is -2.10. The fraction of sp³-hybridized carbons (Fsp3) is 0.143. The highest BCUT2D eigenvalue weighted by atomic mass is 32.1. The third-order valence-electron chi connectivity index (χ3n) is 4.20. The van der Waals surface area contributed by atoms with Crippen LogP contribution in [0.15, 0.2) is 47.8 Å². The van der Waals surface area contributed by atoms with Crippen molar-refractivity contribution < 1.29 is 18.7 Å². The van der Waals surface area contributed by atoms with Crippen molar-refractivity contribution in [2.45, 2.75) is 13.8 Å². The maximum atomic E-state index is 13.1. The number of amides is 1. The molecule has 0 atom stereocenters. The number of ether oxygens (including phenoxy) is 1. The highest BCUT2D eigenvalue weighted by Gasteiger charge is 2.23. The predicted molar refractivity (Wildman–Crippen MR) is 105 cm³/mol. The summed E-state index contributed by atoms with van der Waals surface area (Å²) in [6.07, 6.45) is 0. The standard InChI is InChI=1S/C21H18FNO3S/c1-12-4-5-13(2)16(10-12)17-11-27-20(18(17)21(25)26-3)23-19(24)14-6-8-15(22)9-7-14/h4-11H,1-3H3,(H,23,24). The van der Waals surface area contributed by atoms with Crippen LogP contribution in [0.1, 0.15) is 31.8 Å². The molecule has 2 aromatic carbocycles. The second-order valence-corrected chi connectivity index (χ2v) is 7.00. The first-order valence-corrected chi connectivity index (χ1v) is 9.13. The fourth-order valence-corrected chi connectivity index (χ4v) is 3.70. The first kappa shape index (κ1) is 18.8. The number of hydrogen-bond donors (Lipinski definition) is 1. The third kappa shape index (κ3) is 3.90. The Balaban J connectivity index is 2.02. The molecule has 6 heteroatoms. The van der Waals surface area contributed by atoms with Crippen LogP contribution in [0.3, 0.4) is 0 Å². The van der Waals surface area contributed by atoms with Crippen LogP contribution in [0.5, 0.6) is 0 Å². The van der Waals surface area contributed by atoms with Crippen molar-refractivity contribution in [2.24, 2.45) is 0 Å². The molecule has 138 valence electrons. The van der Waals surface area contributed by atoms with Gasteiger partial charge in [-0.2, -0.15) is 0 Å². The number of esters is 1. The van der Waals surface area contributed by atoms with E-state index < -0.39 is 17.7 Å². The summed E-state index contributed by atoms with van der Waals surface area (Å²) in [5.41, 5.74) is 4.31. The average Bonchev–Trinajstić information content (AvgIpc) is 3.06. The molecule has 0 saturated heterocycles. The molecule has 1 heterocycles. The Morgan fingerprint density at radius 1 is 1.04 bits per heavy atom. The molecular formula is C21H18FNO3S. The predicted octanol–water partition coefficient (Wildman–Crippen LogP) is 5.21. The van der Waals surface area contributed by atoms with Crippen molar-refractivity contribution in [1.29, 1.82) is 0 Å². The molecule has 0 aliphatic heterocycles. The molecule has 4 nitrogen and oxygen atoms in total. The Labute approximate surface area is 160 Å². The Morgan fingerprint density at radius 3 is 2.41 bits per heavy atom. The lowest BCUT2D eigenvalue weighted by atomic mass is 9.97. The molecule has 1 N–H and O–H groups in total. The van der Waals surface area contributed by atoms with Gasteiger partial charge in [0.05, 0.1) is 7.11 Å². The summed E-state index contributed by atoms with van der Waals surface area (Å²) in [6, 6.07) is 11.2. The molecule has 0 radical (unpaired) electrons. The van der Waals surface area contributed by atoms with Crippen LogP contribution < -0.4 is 5.32 Å². The van der Waals surface area contributed by atoms with E-state index in [1.807, 2.05) is 37.4 Å². The molecule has 1 aromatic heterocycles. The normalized spacial score (nSPS) is 10.5. The molecule has 0 unspecified atom stereocenters. The van der Waals surface area contributed by atoms with Gasteiger partial charge in [-0.15, -0.1) is 11.3 Å². The summed E-state index contributed by atoms with van der Waals surface area (Å²) in [5, 5.41) is 4.97.